The SMILES string of the molecule is CC(C)N(Cc1ccccc1Cl)C(=O)[C@H](C)N. The van der Waals surface area contributed by atoms with Gasteiger partial charge in [0.25, 0.3) is 0 Å². The number of benzene rings is 1. The van der Waals surface area contributed by atoms with Crippen LogP contribution < -0.4 is 5.73 Å². The number of halogens is 1. The zero-order valence-electron chi connectivity index (χ0n) is 10.5. The highest BCUT2D eigenvalue weighted by Gasteiger charge is 2.20. The van der Waals surface area contributed by atoms with Gasteiger partial charge >= 0.3 is 0 Å². The van der Waals surface area contributed by atoms with Crippen LogP contribution in [0.15, 0.2) is 24.3 Å². The van der Waals surface area contributed by atoms with E-state index in [1.165, 1.54) is 0 Å². The lowest BCUT2D eigenvalue weighted by molar-refractivity contribution is -0.134. The molecule has 0 radical (unpaired) electrons. The Morgan fingerprint density at radius 2 is 1.94 bits per heavy atom. The van der Waals surface area contributed by atoms with E-state index in [-0.39, 0.29) is 11.9 Å². The molecule has 1 aromatic carbocycles. The maximum absolute atomic E-state index is 12.0. The highest BCUT2D eigenvalue weighted by Crippen LogP contribution is 2.18. The van der Waals surface area contributed by atoms with Crippen LogP contribution in [0.5, 0.6) is 0 Å². The minimum absolute atomic E-state index is 0.0556. The number of hydrogen-bond acceptors (Lipinski definition) is 2. The maximum Gasteiger partial charge on any atom is 0.239 e. The number of carbonyl (C=O) groups excluding carboxylic acids is 1. The van der Waals surface area contributed by atoms with E-state index in [1.54, 1.807) is 11.8 Å². The van der Waals surface area contributed by atoms with Crippen LogP contribution in [0.1, 0.15) is 26.3 Å². The maximum atomic E-state index is 12.0. The first-order valence-electron chi connectivity index (χ1n) is 5.73. The van der Waals surface area contributed by atoms with Crippen LogP contribution in [-0.2, 0) is 11.3 Å². The van der Waals surface area contributed by atoms with Gasteiger partial charge in [-0.1, -0.05) is 29.8 Å². The summed E-state index contributed by atoms with van der Waals surface area (Å²) >= 11 is 6.09. The van der Waals surface area contributed by atoms with Crippen molar-refractivity contribution in [1.29, 1.82) is 0 Å². The Labute approximate surface area is 108 Å². The molecular formula is C13H19ClN2O. The molecule has 4 heteroatoms. The summed E-state index contributed by atoms with van der Waals surface area (Å²) in [6.45, 7) is 6.14. The molecule has 0 fully saturated rings. The fraction of sp³-hybridized carbons (Fsp3) is 0.462. The molecule has 0 aliphatic heterocycles. The summed E-state index contributed by atoms with van der Waals surface area (Å²) in [5, 5.41) is 0.677. The Morgan fingerprint density at radius 1 is 1.35 bits per heavy atom. The summed E-state index contributed by atoms with van der Waals surface area (Å²) in [6.07, 6.45) is 0. The monoisotopic (exact) mass is 254 g/mol. The lowest BCUT2D eigenvalue weighted by Gasteiger charge is -2.28. The van der Waals surface area contributed by atoms with E-state index in [0.717, 1.165) is 5.56 Å². The van der Waals surface area contributed by atoms with Crippen LogP contribution in [0.4, 0.5) is 0 Å². The van der Waals surface area contributed by atoms with Gasteiger partial charge in [0, 0.05) is 17.6 Å². The van der Waals surface area contributed by atoms with E-state index in [2.05, 4.69) is 0 Å². The van der Waals surface area contributed by atoms with E-state index in [4.69, 9.17) is 17.3 Å². The molecular weight excluding hydrogens is 236 g/mol. The van der Waals surface area contributed by atoms with Crippen molar-refractivity contribution in [3.63, 3.8) is 0 Å². The van der Waals surface area contributed by atoms with Gasteiger partial charge < -0.3 is 10.6 Å². The van der Waals surface area contributed by atoms with Crippen molar-refractivity contribution >= 4 is 17.5 Å². The molecule has 0 heterocycles. The fourth-order valence-corrected chi connectivity index (χ4v) is 1.78. The molecule has 17 heavy (non-hydrogen) atoms. The Bertz CT molecular complexity index is 391. The molecule has 0 bridgehead atoms. The largest absolute Gasteiger partial charge is 0.335 e. The van der Waals surface area contributed by atoms with E-state index in [0.29, 0.717) is 11.6 Å². The predicted molar refractivity (Wildman–Crippen MR) is 70.8 cm³/mol. The highest BCUT2D eigenvalue weighted by molar-refractivity contribution is 6.31. The van der Waals surface area contributed by atoms with Gasteiger partial charge in [-0.3, -0.25) is 4.79 Å². The van der Waals surface area contributed by atoms with Crippen LogP contribution >= 0.6 is 11.6 Å². The molecule has 0 saturated carbocycles. The molecule has 94 valence electrons. The van der Waals surface area contributed by atoms with Crippen molar-refractivity contribution in [3.8, 4) is 0 Å². The second-order valence-corrected chi connectivity index (χ2v) is 4.85. The van der Waals surface area contributed by atoms with Crippen LogP contribution in [-0.4, -0.2) is 22.9 Å². The van der Waals surface area contributed by atoms with Crippen molar-refractivity contribution in [1.82, 2.24) is 4.90 Å². The molecule has 0 saturated heterocycles. The first kappa shape index (κ1) is 14.0. The summed E-state index contributed by atoms with van der Waals surface area (Å²) in [7, 11) is 0. The van der Waals surface area contributed by atoms with Crippen LogP contribution in [0, 0.1) is 0 Å². The Morgan fingerprint density at radius 3 is 2.41 bits per heavy atom. The van der Waals surface area contributed by atoms with Crippen LogP contribution in [0.3, 0.4) is 0 Å². The number of carbonyl (C=O) groups is 1. The molecule has 0 unspecified atom stereocenters. The van der Waals surface area contributed by atoms with Gasteiger partial charge in [0.05, 0.1) is 6.04 Å². The second-order valence-electron chi connectivity index (χ2n) is 4.44. The average Bonchev–Trinajstić information content (AvgIpc) is 2.26. The van der Waals surface area contributed by atoms with E-state index >= 15 is 0 Å². The summed E-state index contributed by atoms with van der Waals surface area (Å²) in [5.74, 6) is -0.0556. The zero-order valence-corrected chi connectivity index (χ0v) is 11.2. The molecule has 3 nitrogen and oxygen atoms in total. The lowest BCUT2D eigenvalue weighted by Crippen LogP contribution is -2.45. The minimum atomic E-state index is -0.486. The molecule has 2 N–H and O–H groups in total. The molecule has 0 aliphatic rings. The Balaban J connectivity index is 2.88. The number of nitrogens with two attached hydrogens (primary N) is 1. The van der Waals surface area contributed by atoms with Gasteiger partial charge in [0.15, 0.2) is 0 Å². The molecule has 0 aliphatic carbocycles. The predicted octanol–water partition coefficient (Wildman–Crippen LogP) is 2.42. The Kier molecular flexibility index (Phi) is 4.97. The van der Waals surface area contributed by atoms with E-state index < -0.39 is 6.04 Å². The van der Waals surface area contributed by atoms with Gasteiger partial charge in [-0.2, -0.15) is 0 Å². The quantitative estimate of drug-likeness (QED) is 0.897. The first-order chi connectivity index (χ1) is 7.93. The third kappa shape index (κ3) is 3.72. The van der Waals surface area contributed by atoms with E-state index in [1.807, 2.05) is 38.1 Å². The molecule has 0 spiro atoms. The zero-order chi connectivity index (χ0) is 13.0. The summed E-state index contributed by atoms with van der Waals surface area (Å²) < 4.78 is 0. The third-order valence-corrected chi connectivity index (χ3v) is 2.96. The average molecular weight is 255 g/mol. The van der Waals surface area contributed by atoms with Gasteiger partial charge in [-0.05, 0) is 32.4 Å². The van der Waals surface area contributed by atoms with E-state index in [9.17, 15) is 4.79 Å². The second kappa shape index (κ2) is 6.03. The minimum Gasteiger partial charge on any atom is -0.335 e. The standard InChI is InChI=1S/C13H19ClN2O/c1-9(2)16(13(17)10(3)15)8-11-6-4-5-7-12(11)14/h4-7,9-10H,8,15H2,1-3H3/t10-/m0/s1. The van der Waals surface area contributed by atoms with Crippen molar-refractivity contribution < 1.29 is 4.79 Å². The van der Waals surface area contributed by atoms with Crippen LogP contribution in [0.25, 0.3) is 0 Å². The van der Waals surface area contributed by atoms with Gasteiger partial charge in [-0.25, -0.2) is 0 Å². The fourth-order valence-electron chi connectivity index (χ4n) is 1.59. The van der Waals surface area contributed by atoms with Crippen molar-refractivity contribution in [3.05, 3.63) is 34.9 Å². The van der Waals surface area contributed by atoms with Gasteiger partial charge in [-0.15, -0.1) is 0 Å². The molecule has 1 amide bonds. The van der Waals surface area contributed by atoms with Crippen molar-refractivity contribution in [2.24, 2.45) is 5.73 Å². The topological polar surface area (TPSA) is 46.3 Å². The van der Waals surface area contributed by atoms with Crippen LogP contribution in [0.2, 0.25) is 5.02 Å². The molecule has 0 aromatic heterocycles. The summed E-state index contributed by atoms with van der Waals surface area (Å²) in [6, 6.07) is 7.15. The van der Waals surface area contributed by atoms with Crippen molar-refractivity contribution in [2.75, 3.05) is 0 Å². The van der Waals surface area contributed by atoms with Gasteiger partial charge in [0.2, 0.25) is 5.91 Å². The number of rotatable bonds is 4. The molecule has 1 atom stereocenters. The normalized spacial score (nSPS) is 12.6. The Hall–Kier alpha value is -1.06. The van der Waals surface area contributed by atoms with Crippen molar-refractivity contribution in [2.45, 2.75) is 39.4 Å². The highest BCUT2D eigenvalue weighted by atomic mass is 35.5. The summed E-state index contributed by atoms with van der Waals surface area (Å²) in [4.78, 5) is 13.7. The number of amides is 1. The molecule has 1 aromatic rings. The lowest BCUT2D eigenvalue weighted by atomic mass is 10.1. The molecule has 1 rings (SSSR count). The third-order valence-electron chi connectivity index (χ3n) is 2.59. The van der Waals surface area contributed by atoms with Gasteiger partial charge in [0.1, 0.15) is 0 Å². The smallest absolute Gasteiger partial charge is 0.239 e. The number of nitrogens with zero attached hydrogens (tertiary/aromatic N) is 1. The summed E-state index contributed by atoms with van der Waals surface area (Å²) in [5.41, 5.74) is 6.58. The number of hydrogen-bond donors (Lipinski definition) is 1. The first-order valence-corrected chi connectivity index (χ1v) is 6.10.